The van der Waals surface area contributed by atoms with Gasteiger partial charge in [-0.2, -0.15) is 0 Å². The first-order chi connectivity index (χ1) is 13.6. The van der Waals surface area contributed by atoms with Crippen molar-refractivity contribution in [1.29, 1.82) is 0 Å². The Hall–Kier alpha value is -2.45. The Morgan fingerprint density at radius 3 is 2.34 bits per heavy atom. The van der Waals surface area contributed by atoms with Gasteiger partial charge in [-0.25, -0.2) is 8.42 Å². The zero-order chi connectivity index (χ0) is 21.6. The fourth-order valence-electron chi connectivity index (χ4n) is 2.77. The van der Waals surface area contributed by atoms with Gasteiger partial charge in [-0.05, 0) is 55.3 Å². The first-order valence-electron chi connectivity index (χ1n) is 8.89. The summed E-state index contributed by atoms with van der Waals surface area (Å²) < 4.78 is 36.0. The molecule has 0 spiro atoms. The number of halogens is 1. The minimum atomic E-state index is -3.69. The molecular formula is C20H25ClN2O5S. The highest BCUT2D eigenvalue weighted by atomic mass is 35.5. The molecule has 2 aromatic rings. The van der Waals surface area contributed by atoms with Crippen LogP contribution in [0.15, 0.2) is 36.4 Å². The lowest BCUT2D eigenvalue weighted by molar-refractivity contribution is -0.119. The molecule has 0 saturated heterocycles. The van der Waals surface area contributed by atoms with Crippen LogP contribution in [0.2, 0.25) is 5.02 Å². The molecule has 0 aliphatic rings. The zero-order valence-corrected chi connectivity index (χ0v) is 18.4. The van der Waals surface area contributed by atoms with Crippen LogP contribution in [0, 0.1) is 13.8 Å². The second-order valence-electron chi connectivity index (χ2n) is 6.61. The summed E-state index contributed by atoms with van der Waals surface area (Å²) in [6.07, 6.45) is 1.03. The fraction of sp³-hybridized carbons (Fsp3) is 0.350. The maximum atomic E-state index is 12.3. The summed E-state index contributed by atoms with van der Waals surface area (Å²) >= 11 is 6.08. The quantitative estimate of drug-likeness (QED) is 0.606. The van der Waals surface area contributed by atoms with E-state index in [1.165, 1.54) is 19.2 Å². The Kier molecular flexibility index (Phi) is 7.75. The average Bonchev–Trinajstić information content (AvgIpc) is 2.61. The van der Waals surface area contributed by atoms with Crippen molar-refractivity contribution in [2.75, 3.05) is 37.4 Å². The molecule has 7 nitrogen and oxygen atoms in total. The molecular weight excluding hydrogens is 416 g/mol. The van der Waals surface area contributed by atoms with Crippen molar-refractivity contribution in [3.63, 3.8) is 0 Å². The fourth-order valence-corrected chi connectivity index (χ4v) is 3.87. The monoisotopic (exact) mass is 440 g/mol. The molecule has 2 rings (SSSR count). The average molecular weight is 441 g/mol. The van der Waals surface area contributed by atoms with Gasteiger partial charge in [0.05, 0.1) is 30.6 Å². The number of amides is 1. The van der Waals surface area contributed by atoms with Gasteiger partial charge in [-0.1, -0.05) is 17.7 Å². The summed E-state index contributed by atoms with van der Waals surface area (Å²) in [5.74, 6) is 0.686. The SMILES string of the molecule is COc1ccc(N(CC(=O)NCCOc2cc(C)cc(C)c2)S(C)(=O)=O)cc1Cl. The summed E-state index contributed by atoms with van der Waals surface area (Å²) in [4.78, 5) is 12.3. The van der Waals surface area contributed by atoms with Crippen LogP contribution in [0.4, 0.5) is 5.69 Å². The lowest BCUT2D eigenvalue weighted by Crippen LogP contribution is -2.41. The van der Waals surface area contributed by atoms with Crippen molar-refractivity contribution >= 4 is 33.2 Å². The van der Waals surface area contributed by atoms with E-state index < -0.39 is 15.9 Å². The third-order valence-corrected chi connectivity index (χ3v) is 5.44. The molecule has 1 amide bonds. The predicted octanol–water partition coefficient (Wildman–Crippen LogP) is 2.93. The van der Waals surface area contributed by atoms with E-state index in [4.69, 9.17) is 21.1 Å². The molecule has 9 heteroatoms. The normalized spacial score (nSPS) is 11.1. The number of hydrogen-bond donors (Lipinski definition) is 1. The summed E-state index contributed by atoms with van der Waals surface area (Å²) in [5.41, 5.74) is 2.46. The molecule has 1 N–H and O–H groups in total. The molecule has 0 aromatic heterocycles. The molecule has 0 atom stereocenters. The van der Waals surface area contributed by atoms with Gasteiger partial charge in [-0.15, -0.1) is 0 Å². The van der Waals surface area contributed by atoms with Crippen molar-refractivity contribution in [2.24, 2.45) is 0 Å². The number of ether oxygens (including phenoxy) is 2. The Labute approximate surface area is 176 Å². The van der Waals surface area contributed by atoms with Gasteiger partial charge in [0, 0.05) is 0 Å². The van der Waals surface area contributed by atoms with Crippen molar-refractivity contribution < 1.29 is 22.7 Å². The van der Waals surface area contributed by atoms with E-state index >= 15 is 0 Å². The molecule has 29 heavy (non-hydrogen) atoms. The molecule has 0 heterocycles. The number of nitrogens with one attached hydrogen (secondary N) is 1. The first-order valence-corrected chi connectivity index (χ1v) is 11.1. The molecule has 0 bridgehead atoms. The van der Waals surface area contributed by atoms with Gasteiger partial charge in [-0.3, -0.25) is 9.10 Å². The Morgan fingerprint density at radius 1 is 1.14 bits per heavy atom. The van der Waals surface area contributed by atoms with Gasteiger partial charge < -0.3 is 14.8 Å². The van der Waals surface area contributed by atoms with Gasteiger partial charge in [0.1, 0.15) is 24.7 Å². The summed E-state index contributed by atoms with van der Waals surface area (Å²) in [6.45, 7) is 4.10. The molecule has 0 aliphatic heterocycles. The molecule has 2 aromatic carbocycles. The van der Waals surface area contributed by atoms with Crippen molar-refractivity contribution in [2.45, 2.75) is 13.8 Å². The molecule has 0 unspecified atom stereocenters. The largest absolute Gasteiger partial charge is 0.495 e. The number of methoxy groups -OCH3 is 1. The van der Waals surface area contributed by atoms with Crippen LogP contribution in [0.3, 0.4) is 0 Å². The van der Waals surface area contributed by atoms with E-state index in [2.05, 4.69) is 5.32 Å². The number of anilines is 1. The molecule has 158 valence electrons. The van der Waals surface area contributed by atoms with E-state index in [-0.39, 0.29) is 30.4 Å². The minimum absolute atomic E-state index is 0.243. The van der Waals surface area contributed by atoms with Crippen LogP contribution in [-0.2, 0) is 14.8 Å². The highest BCUT2D eigenvalue weighted by Crippen LogP contribution is 2.30. The van der Waals surface area contributed by atoms with Crippen molar-refractivity contribution in [1.82, 2.24) is 5.32 Å². The van der Waals surface area contributed by atoms with Gasteiger partial charge >= 0.3 is 0 Å². The summed E-state index contributed by atoms with van der Waals surface area (Å²) in [6, 6.07) is 10.4. The summed E-state index contributed by atoms with van der Waals surface area (Å²) in [7, 11) is -2.23. The number of carbonyl (C=O) groups excluding carboxylic acids is 1. The van der Waals surface area contributed by atoms with Crippen LogP contribution in [0.1, 0.15) is 11.1 Å². The van der Waals surface area contributed by atoms with Crippen molar-refractivity contribution in [3.05, 3.63) is 52.5 Å². The maximum Gasteiger partial charge on any atom is 0.240 e. The predicted molar refractivity (Wildman–Crippen MR) is 115 cm³/mol. The molecule has 0 fully saturated rings. The van der Waals surface area contributed by atoms with E-state index in [1.54, 1.807) is 6.07 Å². The van der Waals surface area contributed by atoms with Crippen molar-refractivity contribution in [3.8, 4) is 11.5 Å². The first kappa shape index (κ1) is 22.8. The van der Waals surface area contributed by atoms with Crippen LogP contribution in [0.25, 0.3) is 0 Å². The topological polar surface area (TPSA) is 84.9 Å². The molecule has 0 saturated carbocycles. The maximum absolute atomic E-state index is 12.3. The van der Waals surface area contributed by atoms with Crippen LogP contribution in [-0.4, -0.2) is 47.4 Å². The van der Waals surface area contributed by atoms with Crippen LogP contribution < -0.4 is 19.1 Å². The zero-order valence-electron chi connectivity index (χ0n) is 16.9. The number of hydrogen-bond acceptors (Lipinski definition) is 5. The van der Waals surface area contributed by atoms with Gasteiger partial charge in [0.25, 0.3) is 0 Å². The lowest BCUT2D eigenvalue weighted by Gasteiger charge is -2.22. The van der Waals surface area contributed by atoms with E-state index in [1.807, 2.05) is 32.0 Å². The minimum Gasteiger partial charge on any atom is -0.495 e. The summed E-state index contributed by atoms with van der Waals surface area (Å²) in [5, 5.41) is 2.91. The number of carbonyl (C=O) groups is 1. The number of nitrogens with zero attached hydrogens (tertiary/aromatic N) is 1. The van der Waals surface area contributed by atoms with E-state index in [0.717, 1.165) is 27.4 Å². The van der Waals surface area contributed by atoms with E-state index in [9.17, 15) is 13.2 Å². The number of benzene rings is 2. The van der Waals surface area contributed by atoms with E-state index in [0.29, 0.717) is 5.75 Å². The third-order valence-electron chi connectivity index (χ3n) is 4.00. The highest BCUT2D eigenvalue weighted by molar-refractivity contribution is 7.92. The number of sulfonamides is 1. The standard InChI is InChI=1S/C20H25ClN2O5S/c1-14-9-15(2)11-17(10-14)28-8-7-22-20(24)13-23(29(4,25)26)16-5-6-19(27-3)18(21)12-16/h5-6,9-12H,7-8,13H2,1-4H3,(H,22,24). The van der Waals surface area contributed by atoms with Gasteiger partial charge in [0.2, 0.25) is 15.9 Å². The Bertz CT molecular complexity index is 959. The third kappa shape index (κ3) is 6.83. The van der Waals surface area contributed by atoms with Crippen LogP contribution >= 0.6 is 11.6 Å². The van der Waals surface area contributed by atoms with Gasteiger partial charge in [0.15, 0.2) is 0 Å². The Balaban J connectivity index is 1.95. The molecule has 0 radical (unpaired) electrons. The molecule has 0 aliphatic carbocycles. The second-order valence-corrected chi connectivity index (χ2v) is 8.92. The smallest absolute Gasteiger partial charge is 0.240 e. The second kappa shape index (κ2) is 9.84. The number of rotatable bonds is 9. The Morgan fingerprint density at radius 2 is 1.79 bits per heavy atom. The lowest BCUT2D eigenvalue weighted by atomic mass is 10.1. The van der Waals surface area contributed by atoms with Crippen LogP contribution in [0.5, 0.6) is 11.5 Å². The number of aryl methyl sites for hydroxylation is 2. The highest BCUT2D eigenvalue weighted by Gasteiger charge is 2.21.